The number of aromatic nitrogens is 1. The zero-order chi connectivity index (χ0) is 20.5. The van der Waals surface area contributed by atoms with Gasteiger partial charge in [-0.25, -0.2) is 9.78 Å². The molecule has 2 amide bonds. The van der Waals surface area contributed by atoms with E-state index in [1.807, 2.05) is 29.2 Å². The Morgan fingerprint density at radius 3 is 2.66 bits per heavy atom. The van der Waals surface area contributed by atoms with E-state index in [0.717, 1.165) is 37.6 Å². The minimum absolute atomic E-state index is 0.104. The van der Waals surface area contributed by atoms with E-state index in [4.69, 9.17) is 21.1 Å². The highest BCUT2D eigenvalue weighted by Crippen LogP contribution is 2.15. The predicted molar refractivity (Wildman–Crippen MR) is 114 cm³/mol. The minimum Gasteiger partial charge on any atom is -0.475 e. The number of ether oxygens (including phenoxy) is 2. The zero-order valence-corrected chi connectivity index (χ0v) is 17.4. The number of urea groups is 1. The van der Waals surface area contributed by atoms with Gasteiger partial charge >= 0.3 is 6.03 Å². The lowest BCUT2D eigenvalue weighted by molar-refractivity contribution is 0.144. The molecule has 0 atom stereocenters. The van der Waals surface area contributed by atoms with Crippen LogP contribution in [0.25, 0.3) is 0 Å². The lowest BCUT2D eigenvalue weighted by atomic mass is 10.2. The van der Waals surface area contributed by atoms with Crippen molar-refractivity contribution < 1.29 is 14.3 Å². The predicted octanol–water partition coefficient (Wildman–Crippen LogP) is 3.50. The van der Waals surface area contributed by atoms with Crippen molar-refractivity contribution in [1.29, 1.82) is 0 Å². The van der Waals surface area contributed by atoms with Gasteiger partial charge in [0.2, 0.25) is 5.88 Å². The molecule has 8 heteroatoms. The third-order valence-corrected chi connectivity index (χ3v) is 4.97. The summed E-state index contributed by atoms with van der Waals surface area (Å²) < 4.78 is 10.4. The number of amides is 2. The Hall–Kier alpha value is -2.35. The van der Waals surface area contributed by atoms with Gasteiger partial charge < -0.3 is 19.7 Å². The van der Waals surface area contributed by atoms with Crippen LogP contribution in [-0.2, 0) is 11.3 Å². The molecule has 2 heterocycles. The Balaban J connectivity index is 1.47. The maximum absolute atomic E-state index is 12.6. The van der Waals surface area contributed by atoms with Crippen molar-refractivity contribution in [2.45, 2.75) is 13.0 Å². The van der Waals surface area contributed by atoms with Crippen molar-refractivity contribution in [2.75, 3.05) is 51.8 Å². The molecule has 0 spiro atoms. The van der Waals surface area contributed by atoms with Crippen LogP contribution in [0.4, 0.5) is 10.5 Å². The number of rotatable bonds is 7. The average molecular weight is 419 g/mol. The molecule has 7 nitrogen and oxygen atoms in total. The number of carbonyl (C=O) groups is 1. The van der Waals surface area contributed by atoms with Crippen LogP contribution in [0.3, 0.4) is 0 Å². The van der Waals surface area contributed by atoms with Crippen LogP contribution in [0, 0.1) is 0 Å². The number of hydrogen-bond donors (Lipinski definition) is 1. The maximum atomic E-state index is 12.6. The normalized spacial score (nSPS) is 15.0. The maximum Gasteiger partial charge on any atom is 0.321 e. The SMILES string of the molecule is COCCOc1ccc(NC(=O)N2CCCN(Cc3ccc(Cl)cc3)CC2)cn1. The largest absolute Gasteiger partial charge is 0.475 e. The quantitative estimate of drug-likeness (QED) is 0.697. The standard InChI is InChI=1S/C21H27ClN4O3/c1-28-13-14-29-20-8-7-19(15-23-20)24-21(27)26-10-2-9-25(11-12-26)16-17-3-5-18(22)6-4-17/h3-8,15H,2,9-14,16H2,1H3,(H,24,27). The summed E-state index contributed by atoms with van der Waals surface area (Å²) in [5, 5.41) is 3.66. The van der Waals surface area contributed by atoms with E-state index in [9.17, 15) is 4.79 Å². The van der Waals surface area contributed by atoms with E-state index in [1.165, 1.54) is 5.56 Å². The Labute approximate surface area is 176 Å². The van der Waals surface area contributed by atoms with Crippen LogP contribution in [0.2, 0.25) is 5.02 Å². The van der Waals surface area contributed by atoms with Gasteiger partial charge in [0.05, 0.1) is 18.5 Å². The van der Waals surface area contributed by atoms with Gasteiger partial charge in [0.15, 0.2) is 0 Å². The Morgan fingerprint density at radius 2 is 1.93 bits per heavy atom. The molecule has 1 aromatic carbocycles. The van der Waals surface area contributed by atoms with Crippen LogP contribution in [0.1, 0.15) is 12.0 Å². The Kier molecular flexibility index (Phi) is 8.10. The fourth-order valence-corrected chi connectivity index (χ4v) is 3.28. The van der Waals surface area contributed by atoms with Crippen LogP contribution < -0.4 is 10.1 Å². The van der Waals surface area contributed by atoms with Gasteiger partial charge in [-0.15, -0.1) is 0 Å². The molecule has 1 aliphatic rings. The number of nitrogens with zero attached hydrogens (tertiary/aromatic N) is 3. The second-order valence-corrected chi connectivity index (χ2v) is 7.34. The third kappa shape index (κ3) is 6.88. The van der Waals surface area contributed by atoms with Crippen LogP contribution >= 0.6 is 11.6 Å². The summed E-state index contributed by atoms with van der Waals surface area (Å²) in [6.07, 6.45) is 2.54. The highest BCUT2D eigenvalue weighted by Gasteiger charge is 2.19. The van der Waals surface area contributed by atoms with Gasteiger partial charge in [-0.05, 0) is 30.2 Å². The Morgan fingerprint density at radius 1 is 1.10 bits per heavy atom. The van der Waals surface area contributed by atoms with E-state index >= 15 is 0 Å². The molecule has 1 aliphatic heterocycles. The second kappa shape index (κ2) is 11.0. The van der Waals surface area contributed by atoms with Crippen LogP contribution in [-0.4, -0.2) is 67.3 Å². The van der Waals surface area contributed by atoms with E-state index in [1.54, 1.807) is 25.4 Å². The number of methoxy groups -OCH3 is 1. The number of nitrogens with one attached hydrogen (secondary N) is 1. The first-order chi connectivity index (χ1) is 14.1. The van der Waals surface area contributed by atoms with Crippen molar-refractivity contribution >= 4 is 23.3 Å². The van der Waals surface area contributed by atoms with Crippen molar-refractivity contribution in [3.63, 3.8) is 0 Å². The highest BCUT2D eigenvalue weighted by atomic mass is 35.5. The molecule has 1 N–H and O–H groups in total. The summed E-state index contributed by atoms with van der Waals surface area (Å²) in [6, 6.07) is 11.3. The van der Waals surface area contributed by atoms with Crippen LogP contribution in [0.15, 0.2) is 42.6 Å². The fourth-order valence-electron chi connectivity index (χ4n) is 3.15. The smallest absolute Gasteiger partial charge is 0.321 e. The molecule has 0 saturated carbocycles. The number of anilines is 1. The monoisotopic (exact) mass is 418 g/mol. The molecule has 0 aliphatic carbocycles. The third-order valence-electron chi connectivity index (χ3n) is 4.72. The lowest BCUT2D eigenvalue weighted by Crippen LogP contribution is -2.38. The van der Waals surface area contributed by atoms with E-state index < -0.39 is 0 Å². The molecule has 1 fully saturated rings. The fraction of sp³-hybridized carbons (Fsp3) is 0.429. The van der Waals surface area contributed by atoms with Crippen molar-refractivity contribution in [2.24, 2.45) is 0 Å². The topological polar surface area (TPSA) is 66.9 Å². The van der Waals surface area contributed by atoms with E-state index in [2.05, 4.69) is 15.2 Å². The molecule has 1 saturated heterocycles. The molecular weight excluding hydrogens is 392 g/mol. The minimum atomic E-state index is -0.104. The lowest BCUT2D eigenvalue weighted by Gasteiger charge is -2.22. The summed E-state index contributed by atoms with van der Waals surface area (Å²) in [5.74, 6) is 0.507. The summed E-state index contributed by atoms with van der Waals surface area (Å²) in [7, 11) is 1.62. The molecule has 1 aromatic heterocycles. The first-order valence-electron chi connectivity index (χ1n) is 9.74. The summed E-state index contributed by atoms with van der Waals surface area (Å²) in [6.45, 7) is 5.02. The summed E-state index contributed by atoms with van der Waals surface area (Å²) >= 11 is 5.96. The number of halogens is 1. The van der Waals surface area contributed by atoms with Crippen molar-refractivity contribution in [3.8, 4) is 5.88 Å². The molecule has 0 bridgehead atoms. The van der Waals surface area contributed by atoms with Gasteiger partial charge in [-0.2, -0.15) is 0 Å². The van der Waals surface area contributed by atoms with Crippen molar-refractivity contribution in [1.82, 2.24) is 14.8 Å². The number of benzene rings is 1. The van der Waals surface area contributed by atoms with Gasteiger partial charge in [0.25, 0.3) is 0 Å². The zero-order valence-electron chi connectivity index (χ0n) is 16.6. The molecule has 156 valence electrons. The number of hydrogen-bond acceptors (Lipinski definition) is 5. The molecule has 2 aromatic rings. The number of pyridine rings is 1. The van der Waals surface area contributed by atoms with Gasteiger partial charge in [-0.1, -0.05) is 23.7 Å². The number of carbonyl (C=O) groups excluding carboxylic acids is 1. The first-order valence-corrected chi connectivity index (χ1v) is 10.1. The molecule has 0 unspecified atom stereocenters. The van der Waals surface area contributed by atoms with Gasteiger partial charge in [-0.3, -0.25) is 4.90 Å². The second-order valence-electron chi connectivity index (χ2n) is 6.90. The van der Waals surface area contributed by atoms with Crippen LogP contribution in [0.5, 0.6) is 5.88 Å². The van der Waals surface area contributed by atoms with Gasteiger partial charge in [0.1, 0.15) is 6.61 Å². The van der Waals surface area contributed by atoms with E-state index in [0.29, 0.717) is 31.3 Å². The van der Waals surface area contributed by atoms with E-state index in [-0.39, 0.29) is 6.03 Å². The molecule has 0 radical (unpaired) electrons. The summed E-state index contributed by atoms with van der Waals surface area (Å²) in [4.78, 5) is 21.0. The first kappa shape index (κ1) is 21.4. The molecule has 3 rings (SSSR count). The highest BCUT2D eigenvalue weighted by molar-refractivity contribution is 6.30. The molecule has 29 heavy (non-hydrogen) atoms. The average Bonchev–Trinajstić information content (AvgIpc) is 2.97. The summed E-state index contributed by atoms with van der Waals surface area (Å²) in [5.41, 5.74) is 1.88. The molecular formula is C21H27ClN4O3. The Bertz CT molecular complexity index is 771. The van der Waals surface area contributed by atoms with Crippen molar-refractivity contribution in [3.05, 3.63) is 53.2 Å². The van der Waals surface area contributed by atoms with Gasteiger partial charge in [0, 0.05) is 50.9 Å².